The zero-order chi connectivity index (χ0) is 12.9. The van der Waals surface area contributed by atoms with Crippen molar-refractivity contribution in [3.8, 4) is 0 Å². The highest BCUT2D eigenvalue weighted by atomic mass is 32.2. The summed E-state index contributed by atoms with van der Waals surface area (Å²) in [5.41, 5.74) is 5.59. The summed E-state index contributed by atoms with van der Waals surface area (Å²) in [5, 5.41) is 0. The number of rotatable bonds is 9. The molecule has 1 aliphatic carbocycles. The van der Waals surface area contributed by atoms with Gasteiger partial charge in [0.05, 0.1) is 0 Å². The monoisotopic (exact) mass is 263 g/mol. The summed E-state index contributed by atoms with van der Waals surface area (Å²) in [5.74, 6) is 0.559. The number of hydrogen-bond donors (Lipinski definition) is 2. The lowest BCUT2D eigenvalue weighted by atomic mass is 10.1. The Morgan fingerprint density at radius 1 is 1.47 bits per heavy atom. The van der Waals surface area contributed by atoms with Crippen LogP contribution in [-0.2, 0) is 10.2 Å². The van der Waals surface area contributed by atoms with E-state index >= 15 is 0 Å². The molecule has 0 saturated heterocycles. The molecule has 0 aromatic carbocycles. The summed E-state index contributed by atoms with van der Waals surface area (Å²) >= 11 is 0. The third-order valence-corrected chi connectivity index (χ3v) is 4.73. The molecule has 1 fully saturated rings. The summed E-state index contributed by atoms with van der Waals surface area (Å²) in [6.45, 7) is 3.07. The Labute approximate surface area is 105 Å². The topological polar surface area (TPSA) is 75.4 Å². The van der Waals surface area contributed by atoms with E-state index in [0.29, 0.717) is 19.0 Å². The molecule has 0 amide bonds. The highest BCUT2D eigenvalue weighted by Crippen LogP contribution is 2.29. The second-order valence-electron chi connectivity index (χ2n) is 4.92. The highest BCUT2D eigenvalue weighted by molar-refractivity contribution is 7.87. The van der Waals surface area contributed by atoms with Gasteiger partial charge < -0.3 is 5.73 Å². The maximum absolute atomic E-state index is 12.0. The second-order valence-corrected chi connectivity index (χ2v) is 6.73. The number of unbranched alkanes of at least 4 members (excludes halogenated alkanes) is 1. The van der Waals surface area contributed by atoms with Crippen LogP contribution in [0.1, 0.15) is 39.0 Å². The molecule has 0 spiro atoms. The minimum Gasteiger partial charge on any atom is -0.329 e. The lowest BCUT2D eigenvalue weighted by Gasteiger charge is -2.22. The van der Waals surface area contributed by atoms with E-state index < -0.39 is 10.2 Å². The Kier molecular flexibility index (Phi) is 5.85. The van der Waals surface area contributed by atoms with Gasteiger partial charge in [-0.15, -0.1) is 0 Å². The first-order valence-electron chi connectivity index (χ1n) is 6.43. The molecule has 17 heavy (non-hydrogen) atoms. The molecule has 0 aromatic heterocycles. The van der Waals surface area contributed by atoms with Gasteiger partial charge in [-0.1, -0.05) is 19.8 Å². The van der Waals surface area contributed by atoms with Gasteiger partial charge >= 0.3 is 0 Å². The van der Waals surface area contributed by atoms with Gasteiger partial charge in [0.1, 0.15) is 0 Å². The third kappa shape index (κ3) is 5.33. The molecule has 6 heteroatoms. The molecule has 0 radical (unpaired) electrons. The first-order valence-corrected chi connectivity index (χ1v) is 7.87. The van der Waals surface area contributed by atoms with Crippen molar-refractivity contribution in [2.45, 2.75) is 45.1 Å². The molecule has 0 bridgehead atoms. The fraction of sp³-hybridized carbons (Fsp3) is 1.00. The Balaban J connectivity index is 2.43. The molecule has 0 aromatic rings. The zero-order valence-corrected chi connectivity index (χ0v) is 11.7. The average molecular weight is 263 g/mol. The molecule has 3 N–H and O–H groups in total. The summed E-state index contributed by atoms with van der Waals surface area (Å²) in [6.07, 6.45) is 5.16. The van der Waals surface area contributed by atoms with Crippen LogP contribution in [0.15, 0.2) is 0 Å². The molecule has 0 aliphatic heterocycles. The predicted molar refractivity (Wildman–Crippen MR) is 69.8 cm³/mol. The van der Waals surface area contributed by atoms with Crippen LogP contribution in [0.4, 0.5) is 0 Å². The quantitative estimate of drug-likeness (QED) is 0.642. The zero-order valence-electron chi connectivity index (χ0n) is 10.9. The SMILES string of the molecule is CCCCC(CN)NS(=O)(=O)N(C)CC1CC1. The summed E-state index contributed by atoms with van der Waals surface area (Å²) < 4.78 is 28.1. The minimum atomic E-state index is -3.35. The van der Waals surface area contributed by atoms with Gasteiger partial charge in [0.25, 0.3) is 10.2 Å². The Hall–Kier alpha value is -0.170. The Morgan fingerprint density at radius 2 is 2.12 bits per heavy atom. The molecule has 1 unspecified atom stereocenters. The molecular formula is C11H25N3O2S. The fourth-order valence-electron chi connectivity index (χ4n) is 1.74. The fourth-order valence-corrected chi connectivity index (χ4v) is 2.96. The second kappa shape index (κ2) is 6.68. The van der Waals surface area contributed by atoms with Gasteiger partial charge in [0.2, 0.25) is 0 Å². The third-order valence-electron chi connectivity index (χ3n) is 3.13. The van der Waals surface area contributed by atoms with Gasteiger partial charge in [-0.05, 0) is 25.2 Å². The van der Waals surface area contributed by atoms with Gasteiger partial charge in [0, 0.05) is 26.2 Å². The lowest BCUT2D eigenvalue weighted by molar-refractivity contribution is 0.426. The van der Waals surface area contributed by atoms with Crippen LogP contribution in [0, 0.1) is 5.92 Å². The minimum absolute atomic E-state index is 0.137. The highest BCUT2D eigenvalue weighted by Gasteiger charge is 2.29. The van der Waals surface area contributed by atoms with Crippen molar-refractivity contribution in [3.63, 3.8) is 0 Å². The largest absolute Gasteiger partial charge is 0.329 e. The smallest absolute Gasteiger partial charge is 0.279 e. The summed E-state index contributed by atoms with van der Waals surface area (Å²) in [6, 6.07) is -0.137. The molecule has 1 atom stereocenters. The van der Waals surface area contributed by atoms with E-state index in [-0.39, 0.29) is 6.04 Å². The van der Waals surface area contributed by atoms with Crippen molar-refractivity contribution in [1.82, 2.24) is 9.03 Å². The summed E-state index contributed by atoms with van der Waals surface area (Å²) in [4.78, 5) is 0. The summed E-state index contributed by atoms with van der Waals surface area (Å²) in [7, 11) is -1.72. The Morgan fingerprint density at radius 3 is 2.59 bits per heavy atom. The standard InChI is InChI=1S/C11H25N3O2S/c1-3-4-5-11(8-12)13-17(15,16)14(2)9-10-6-7-10/h10-11,13H,3-9,12H2,1-2H3. The molecule has 1 rings (SSSR count). The van der Waals surface area contributed by atoms with Crippen molar-refractivity contribution in [3.05, 3.63) is 0 Å². The van der Waals surface area contributed by atoms with Crippen molar-refractivity contribution in [2.24, 2.45) is 11.7 Å². The van der Waals surface area contributed by atoms with Crippen molar-refractivity contribution in [2.75, 3.05) is 20.1 Å². The van der Waals surface area contributed by atoms with Crippen LogP contribution in [-0.4, -0.2) is 38.9 Å². The van der Waals surface area contributed by atoms with Crippen LogP contribution < -0.4 is 10.5 Å². The molecule has 0 heterocycles. The van der Waals surface area contributed by atoms with Gasteiger partial charge in [-0.25, -0.2) is 0 Å². The normalized spacial score (nSPS) is 18.6. The van der Waals surface area contributed by atoms with E-state index in [4.69, 9.17) is 5.73 Å². The van der Waals surface area contributed by atoms with Gasteiger partial charge in [-0.2, -0.15) is 17.4 Å². The molecule has 5 nitrogen and oxygen atoms in total. The molecule has 1 saturated carbocycles. The number of nitrogens with zero attached hydrogens (tertiary/aromatic N) is 1. The van der Waals surface area contributed by atoms with Crippen molar-refractivity contribution in [1.29, 1.82) is 0 Å². The van der Waals surface area contributed by atoms with Gasteiger partial charge in [-0.3, -0.25) is 0 Å². The van der Waals surface area contributed by atoms with Crippen LogP contribution in [0.3, 0.4) is 0 Å². The van der Waals surface area contributed by atoms with E-state index in [1.54, 1.807) is 7.05 Å². The van der Waals surface area contributed by atoms with E-state index in [2.05, 4.69) is 11.6 Å². The van der Waals surface area contributed by atoms with Crippen LogP contribution in [0.25, 0.3) is 0 Å². The van der Waals surface area contributed by atoms with E-state index in [1.165, 1.54) is 4.31 Å². The van der Waals surface area contributed by atoms with Crippen LogP contribution in [0.2, 0.25) is 0 Å². The van der Waals surface area contributed by atoms with Gasteiger partial charge in [0.15, 0.2) is 0 Å². The predicted octanol–water partition coefficient (Wildman–Crippen LogP) is 0.680. The maximum Gasteiger partial charge on any atom is 0.279 e. The molecule has 102 valence electrons. The maximum atomic E-state index is 12.0. The average Bonchev–Trinajstić information content (AvgIpc) is 3.07. The molecule has 1 aliphatic rings. The lowest BCUT2D eigenvalue weighted by Crippen LogP contribution is -2.47. The Bertz CT molecular complexity index is 315. The number of nitrogens with two attached hydrogens (primary N) is 1. The van der Waals surface area contributed by atoms with Crippen LogP contribution >= 0.6 is 0 Å². The molecular weight excluding hydrogens is 238 g/mol. The van der Waals surface area contributed by atoms with Crippen molar-refractivity contribution < 1.29 is 8.42 Å². The van der Waals surface area contributed by atoms with E-state index in [0.717, 1.165) is 32.1 Å². The van der Waals surface area contributed by atoms with Crippen LogP contribution in [0.5, 0.6) is 0 Å². The van der Waals surface area contributed by atoms with E-state index in [1.807, 2.05) is 0 Å². The number of nitrogens with one attached hydrogen (secondary N) is 1. The first-order chi connectivity index (χ1) is 7.99. The first kappa shape index (κ1) is 14.9. The van der Waals surface area contributed by atoms with E-state index in [9.17, 15) is 8.42 Å². The number of hydrogen-bond acceptors (Lipinski definition) is 3. The van der Waals surface area contributed by atoms with Crippen molar-refractivity contribution >= 4 is 10.2 Å².